The maximum atomic E-state index is 10.4. The van der Waals surface area contributed by atoms with Crippen molar-refractivity contribution in [2.45, 2.75) is 13.0 Å². The quantitative estimate of drug-likeness (QED) is 0.403. The van der Waals surface area contributed by atoms with Gasteiger partial charge in [0.2, 0.25) is 6.08 Å². The average molecular weight is 129 g/mol. The number of carbonyl (C=O) groups excluding carboxylic acids is 2. The highest BCUT2D eigenvalue weighted by molar-refractivity contribution is 5.84. The van der Waals surface area contributed by atoms with Crippen LogP contribution >= 0.6 is 0 Å². The molecular weight excluding hydrogens is 122 g/mol. The Labute approximate surface area is 52.2 Å². The lowest BCUT2D eigenvalue weighted by Gasteiger charge is -1.95. The summed E-state index contributed by atoms with van der Waals surface area (Å²) in [4.78, 5) is 22.8. The van der Waals surface area contributed by atoms with Crippen LogP contribution in [0.4, 0.5) is 0 Å². The smallest absolute Gasteiger partial charge is 0.235 e. The Kier molecular flexibility index (Phi) is 3.51. The highest BCUT2D eigenvalue weighted by atomic mass is 16.3. The third-order valence-electron chi connectivity index (χ3n) is 0.765. The molecule has 0 bridgehead atoms. The van der Waals surface area contributed by atoms with Gasteiger partial charge in [0.05, 0.1) is 0 Å². The molecule has 0 aromatic carbocycles. The van der Waals surface area contributed by atoms with Crippen LogP contribution in [0.25, 0.3) is 0 Å². The normalized spacial score (nSPS) is 11.8. The summed E-state index contributed by atoms with van der Waals surface area (Å²) in [6.07, 6.45) is 0.157. The molecule has 0 aliphatic carbocycles. The highest BCUT2D eigenvalue weighted by Crippen LogP contribution is 1.82. The first-order valence-corrected chi connectivity index (χ1v) is 2.43. The molecule has 4 heteroatoms. The van der Waals surface area contributed by atoms with Crippen LogP contribution in [0.2, 0.25) is 0 Å². The molecule has 4 nitrogen and oxygen atoms in total. The summed E-state index contributed by atoms with van der Waals surface area (Å²) in [6, 6.07) is 0. The van der Waals surface area contributed by atoms with E-state index in [1.54, 1.807) is 0 Å². The zero-order chi connectivity index (χ0) is 7.28. The Morgan fingerprint density at radius 3 is 2.78 bits per heavy atom. The molecule has 1 atom stereocenters. The second kappa shape index (κ2) is 3.95. The van der Waals surface area contributed by atoms with Crippen molar-refractivity contribution in [3.05, 3.63) is 0 Å². The molecule has 0 aliphatic rings. The number of carbonyl (C=O) groups is 1. The lowest BCUT2D eigenvalue weighted by atomic mass is 10.3. The monoisotopic (exact) mass is 129 g/mol. The van der Waals surface area contributed by atoms with Gasteiger partial charge in [-0.1, -0.05) is 0 Å². The van der Waals surface area contributed by atoms with E-state index in [4.69, 9.17) is 5.11 Å². The van der Waals surface area contributed by atoms with E-state index in [1.165, 1.54) is 13.0 Å². The largest absolute Gasteiger partial charge is 0.386 e. The molecule has 0 radical (unpaired) electrons. The minimum absolute atomic E-state index is 0.277. The van der Waals surface area contributed by atoms with Crippen LogP contribution in [-0.2, 0) is 9.59 Å². The number of nitrogens with zero attached hydrogens (tertiary/aromatic N) is 1. The van der Waals surface area contributed by atoms with Crippen LogP contribution in [-0.4, -0.2) is 29.6 Å². The average Bonchev–Trinajstić information content (AvgIpc) is 1.82. The van der Waals surface area contributed by atoms with E-state index in [0.29, 0.717) is 0 Å². The van der Waals surface area contributed by atoms with Crippen molar-refractivity contribution in [1.82, 2.24) is 0 Å². The Balaban J connectivity index is 3.64. The summed E-state index contributed by atoms with van der Waals surface area (Å²) in [6.45, 7) is 1.05. The van der Waals surface area contributed by atoms with Gasteiger partial charge in [-0.2, -0.15) is 4.99 Å². The van der Waals surface area contributed by atoms with Gasteiger partial charge in [0.25, 0.3) is 0 Å². The van der Waals surface area contributed by atoms with Crippen LogP contribution in [0, 0.1) is 0 Å². The fraction of sp³-hybridized carbons (Fsp3) is 0.600. The number of aliphatic hydroxyl groups excluding tert-OH is 1. The van der Waals surface area contributed by atoms with Crippen molar-refractivity contribution in [2.24, 2.45) is 4.99 Å². The van der Waals surface area contributed by atoms with Gasteiger partial charge in [-0.25, -0.2) is 4.79 Å². The number of isocyanates is 1. The molecule has 0 fully saturated rings. The molecule has 0 amide bonds. The number of rotatable bonds is 3. The molecule has 1 unspecified atom stereocenters. The minimum Gasteiger partial charge on any atom is -0.386 e. The zero-order valence-electron chi connectivity index (χ0n) is 5.00. The fourth-order valence-electron chi connectivity index (χ4n) is 0.242. The van der Waals surface area contributed by atoms with Crippen molar-refractivity contribution in [3.8, 4) is 0 Å². The van der Waals surface area contributed by atoms with E-state index >= 15 is 0 Å². The van der Waals surface area contributed by atoms with E-state index in [9.17, 15) is 9.59 Å². The van der Waals surface area contributed by atoms with E-state index in [0.717, 1.165) is 0 Å². The predicted molar refractivity (Wildman–Crippen MR) is 29.7 cm³/mol. The SMILES string of the molecule is CC(O)C(=O)CN=C=O. The van der Waals surface area contributed by atoms with E-state index in [2.05, 4.69) is 4.99 Å². The molecule has 50 valence electrons. The fourth-order valence-corrected chi connectivity index (χ4v) is 0.242. The Morgan fingerprint density at radius 1 is 1.89 bits per heavy atom. The first-order chi connectivity index (χ1) is 4.18. The lowest BCUT2D eigenvalue weighted by Crippen LogP contribution is -2.18. The molecule has 1 N–H and O–H groups in total. The van der Waals surface area contributed by atoms with Crippen molar-refractivity contribution in [2.75, 3.05) is 6.54 Å². The first kappa shape index (κ1) is 8.01. The lowest BCUT2D eigenvalue weighted by molar-refractivity contribution is -0.124. The first-order valence-electron chi connectivity index (χ1n) is 2.43. The summed E-state index contributed by atoms with van der Waals surface area (Å²) in [5, 5.41) is 8.51. The Hall–Kier alpha value is -0.990. The molecule has 0 aromatic heterocycles. The standard InChI is InChI=1S/C5H7NO3/c1-4(8)5(9)2-6-3-7/h4,8H,2H2,1H3. The van der Waals surface area contributed by atoms with Gasteiger partial charge >= 0.3 is 0 Å². The number of aliphatic hydroxyl groups is 1. The minimum atomic E-state index is -1.04. The van der Waals surface area contributed by atoms with Gasteiger partial charge in [-0.15, -0.1) is 0 Å². The van der Waals surface area contributed by atoms with Gasteiger partial charge in [-0.3, -0.25) is 4.79 Å². The Morgan fingerprint density at radius 2 is 2.44 bits per heavy atom. The van der Waals surface area contributed by atoms with Gasteiger partial charge in [0.15, 0.2) is 5.78 Å². The topological polar surface area (TPSA) is 66.7 Å². The molecule has 0 rings (SSSR count). The van der Waals surface area contributed by atoms with E-state index < -0.39 is 11.9 Å². The Bertz CT molecular complexity index is 146. The van der Waals surface area contributed by atoms with Crippen LogP contribution in [0.1, 0.15) is 6.92 Å². The van der Waals surface area contributed by atoms with Gasteiger partial charge < -0.3 is 5.11 Å². The highest BCUT2D eigenvalue weighted by Gasteiger charge is 2.05. The van der Waals surface area contributed by atoms with Gasteiger partial charge in [-0.05, 0) is 6.92 Å². The third kappa shape index (κ3) is 3.58. The molecule has 0 aromatic rings. The van der Waals surface area contributed by atoms with Crippen LogP contribution in [0.15, 0.2) is 4.99 Å². The maximum Gasteiger partial charge on any atom is 0.235 e. The molecule has 0 saturated heterocycles. The van der Waals surface area contributed by atoms with Crippen LogP contribution in [0.5, 0.6) is 0 Å². The van der Waals surface area contributed by atoms with E-state index in [-0.39, 0.29) is 6.54 Å². The summed E-state index contributed by atoms with van der Waals surface area (Å²) in [5.74, 6) is -0.474. The summed E-state index contributed by atoms with van der Waals surface area (Å²) >= 11 is 0. The van der Waals surface area contributed by atoms with Gasteiger partial charge in [0.1, 0.15) is 12.6 Å². The maximum absolute atomic E-state index is 10.4. The second-order valence-electron chi connectivity index (χ2n) is 1.55. The number of hydrogen-bond acceptors (Lipinski definition) is 4. The molecule has 0 spiro atoms. The number of ketones is 1. The van der Waals surface area contributed by atoms with Crippen molar-refractivity contribution < 1.29 is 14.7 Å². The van der Waals surface area contributed by atoms with E-state index in [1.807, 2.05) is 0 Å². The number of hydrogen-bond donors (Lipinski definition) is 1. The molecular formula is C5H7NO3. The summed E-state index contributed by atoms with van der Waals surface area (Å²) < 4.78 is 0. The summed E-state index contributed by atoms with van der Waals surface area (Å²) in [5.41, 5.74) is 0. The van der Waals surface area contributed by atoms with Crippen LogP contribution in [0.3, 0.4) is 0 Å². The molecule has 0 saturated carbocycles. The molecule has 0 aliphatic heterocycles. The number of aliphatic imine (C=N–C) groups is 1. The van der Waals surface area contributed by atoms with Crippen molar-refractivity contribution in [3.63, 3.8) is 0 Å². The van der Waals surface area contributed by atoms with Gasteiger partial charge in [0, 0.05) is 0 Å². The third-order valence-corrected chi connectivity index (χ3v) is 0.765. The zero-order valence-corrected chi connectivity index (χ0v) is 5.00. The second-order valence-corrected chi connectivity index (χ2v) is 1.55. The summed E-state index contributed by atoms with van der Waals surface area (Å²) in [7, 11) is 0. The number of Topliss-reactive ketones (excluding diaryl/α,β-unsaturated/α-hetero) is 1. The predicted octanol–water partition coefficient (Wildman–Crippen LogP) is -0.728. The molecule has 0 heterocycles. The van der Waals surface area contributed by atoms with Crippen molar-refractivity contribution in [1.29, 1.82) is 0 Å². The van der Waals surface area contributed by atoms with Crippen LogP contribution < -0.4 is 0 Å². The molecule has 9 heavy (non-hydrogen) atoms. The van der Waals surface area contributed by atoms with Crippen molar-refractivity contribution >= 4 is 11.9 Å².